The molecule has 0 aliphatic rings. The minimum absolute atomic E-state index is 0.0842. The quantitative estimate of drug-likeness (QED) is 0.845. The predicted octanol–water partition coefficient (Wildman–Crippen LogP) is 4.64. The predicted molar refractivity (Wildman–Crippen MR) is 86.1 cm³/mol. The summed E-state index contributed by atoms with van der Waals surface area (Å²) >= 11 is 5.86. The van der Waals surface area contributed by atoms with Gasteiger partial charge in [0.2, 0.25) is 0 Å². The Morgan fingerprint density at radius 2 is 2.05 bits per heavy atom. The number of phenols is 1. The molecule has 0 saturated carbocycles. The summed E-state index contributed by atoms with van der Waals surface area (Å²) in [7, 11) is 0. The van der Waals surface area contributed by atoms with Gasteiger partial charge in [0, 0.05) is 10.7 Å². The van der Waals surface area contributed by atoms with Crippen LogP contribution in [0.15, 0.2) is 42.5 Å². The number of halogens is 1. The first-order valence-electron chi connectivity index (χ1n) is 6.99. The van der Waals surface area contributed by atoms with Gasteiger partial charge in [0.05, 0.1) is 5.56 Å². The van der Waals surface area contributed by atoms with Crippen molar-refractivity contribution in [1.82, 2.24) is 0 Å². The first kappa shape index (κ1) is 15.4. The average molecular weight is 304 g/mol. The summed E-state index contributed by atoms with van der Waals surface area (Å²) < 4.78 is 0. The van der Waals surface area contributed by atoms with Crippen LogP contribution in [0.25, 0.3) is 0 Å². The smallest absolute Gasteiger partial charge is 0.259 e. The zero-order chi connectivity index (χ0) is 15.2. The topological polar surface area (TPSA) is 49.3 Å². The minimum Gasteiger partial charge on any atom is -0.507 e. The van der Waals surface area contributed by atoms with E-state index < -0.39 is 0 Å². The number of phenolic OH excluding ortho intramolecular Hbond substituents is 1. The molecule has 0 radical (unpaired) electrons. The molecular formula is C17H18ClNO2. The van der Waals surface area contributed by atoms with Gasteiger partial charge in [-0.15, -0.1) is 0 Å². The van der Waals surface area contributed by atoms with E-state index in [1.165, 1.54) is 17.7 Å². The molecule has 0 unspecified atom stereocenters. The fraction of sp³-hybridized carbons (Fsp3) is 0.235. The Labute approximate surface area is 129 Å². The normalized spacial score (nSPS) is 10.4. The number of nitrogens with one attached hydrogen (secondary N) is 1. The van der Waals surface area contributed by atoms with E-state index in [0.29, 0.717) is 10.7 Å². The Hall–Kier alpha value is -2.00. The van der Waals surface area contributed by atoms with Gasteiger partial charge in [0.1, 0.15) is 5.75 Å². The lowest BCUT2D eigenvalue weighted by atomic mass is 10.1. The number of hydrogen-bond acceptors (Lipinski definition) is 2. The van der Waals surface area contributed by atoms with E-state index in [1.807, 2.05) is 24.3 Å². The molecule has 3 nitrogen and oxygen atoms in total. The summed E-state index contributed by atoms with van der Waals surface area (Å²) in [4.78, 5) is 12.2. The highest BCUT2D eigenvalue weighted by atomic mass is 35.5. The summed E-state index contributed by atoms with van der Waals surface area (Å²) in [5, 5.41) is 12.9. The molecule has 0 bridgehead atoms. The summed E-state index contributed by atoms with van der Waals surface area (Å²) in [6, 6.07) is 12.1. The molecule has 2 N–H and O–H groups in total. The third-order valence-electron chi connectivity index (χ3n) is 3.21. The van der Waals surface area contributed by atoms with E-state index in [4.69, 9.17) is 11.6 Å². The van der Waals surface area contributed by atoms with E-state index in [1.54, 1.807) is 6.07 Å². The summed E-state index contributed by atoms with van der Waals surface area (Å²) in [5.74, 6) is -0.457. The van der Waals surface area contributed by atoms with Gasteiger partial charge in [0.15, 0.2) is 0 Å². The van der Waals surface area contributed by atoms with Crippen LogP contribution in [0.3, 0.4) is 0 Å². The lowest BCUT2D eigenvalue weighted by molar-refractivity contribution is 0.102. The minimum atomic E-state index is -0.373. The number of hydrogen-bond donors (Lipinski definition) is 2. The number of benzene rings is 2. The van der Waals surface area contributed by atoms with Crippen molar-refractivity contribution >= 4 is 23.2 Å². The highest BCUT2D eigenvalue weighted by molar-refractivity contribution is 6.31. The standard InChI is InChI=1S/C17H18ClNO2/c1-2-3-5-12-6-4-7-14(10-12)19-17(21)15-11-13(18)8-9-16(15)20/h4,6-11,20H,2-3,5H2,1H3,(H,19,21). The first-order chi connectivity index (χ1) is 10.1. The Kier molecular flexibility index (Phi) is 5.23. The molecule has 2 aromatic rings. The van der Waals surface area contributed by atoms with Crippen molar-refractivity contribution in [2.45, 2.75) is 26.2 Å². The number of amides is 1. The van der Waals surface area contributed by atoms with Gasteiger partial charge >= 0.3 is 0 Å². The maximum atomic E-state index is 12.2. The molecule has 0 aliphatic carbocycles. The summed E-state index contributed by atoms with van der Waals surface area (Å²) in [5.41, 5.74) is 2.07. The lowest BCUT2D eigenvalue weighted by Gasteiger charge is -2.09. The van der Waals surface area contributed by atoms with Gasteiger partial charge in [-0.25, -0.2) is 0 Å². The zero-order valence-corrected chi connectivity index (χ0v) is 12.7. The van der Waals surface area contributed by atoms with Crippen LogP contribution >= 0.6 is 11.6 Å². The molecule has 110 valence electrons. The molecule has 0 spiro atoms. The van der Waals surface area contributed by atoms with Crippen LogP contribution in [0.4, 0.5) is 5.69 Å². The Morgan fingerprint density at radius 3 is 2.81 bits per heavy atom. The summed E-state index contributed by atoms with van der Waals surface area (Å²) in [6.45, 7) is 2.15. The monoisotopic (exact) mass is 303 g/mol. The molecule has 2 aromatic carbocycles. The fourth-order valence-electron chi connectivity index (χ4n) is 2.07. The van der Waals surface area contributed by atoms with Gasteiger partial charge in [-0.1, -0.05) is 37.1 Å². The van der Waals surface area contributed by atoms with Gasteiger partial charge in [0.25, 0.3) is 5.91 Å². The van der Waals surface area contributed by atoms with Gasteiger partial charge in [-0.2, -0.15) is 0 Å². The van der Waals surface area contributed by atoms with Crippen LogP contribution in [-0.2, 0) is 6.42 Å². The van der Waals surface area contributed by atoms with E-state index in [9.17, 15) is 9.90 Å². The van der Waals surface area contributed by atoms with Crippen LogP contribution in [0, 0.1) is 0 Å². The first-order valence-corrected chi connectivity index (χ1v) is 7.36. The van der Waals surface area contributed by atoms with Crippen molar-refractivity contribution < 1.29 is 9.90 Å². The lowest BCUT2D eigenvalue weighted by Crippen LogP contribution is -2.12. The van der Waals surface area contributed by atoms with Crippen molar-refractivity contribution in [3.8, 4) is 5.75 Å². The van der Waals surface area contributed by atoms with Crippen LogP contribution in [0.1, 0.15) is 35.7 Å². The van der Waals surface area contributed by atoms with Crippen molar-refractivity contribution in [2.75, 3.05) is 5.32 Å². The molecule has 4 heteroatoms. The number of carbonyl (C=O) groups excluding carboxylic acids is 1. The zero-order valence-electron chi connectivity index (χ0n) is 11.9. The second-order valence-corrected chi connectivity index (χ2v) is 5.36. The number of aromatic hydroxyl groups is 1. The van der Waals surface area contributed by atoms with Gasteiger partial charge in [-0.05, 0) is 48.7 Å². The van der Waals surface area contributed by atoms with Crippen molar-refractivity contribution in [3.63, 3.8) is 0 Å². The molecular weight excluding hydrogens is 286 g/mol. The molecule has 0 fully saturated rings. The number of aryl methyl sites for hydroxylation is 1. The van der Waals surface area contributed by atoms with E-state index in [2.05, 4.69) is 12.2 Å². The number of carbonyl (C=O) groups is 1. The van der Waals surface area contributed by atoms with Crippen molar-refractivity contribution in [1.29, 1.82) is 0 Å². The fourth-order valence-corrected chi connectivity index (χ4v) is 2.25. The Bertz CT molecular complexity index is 640. The van der Waals surface area contributed by atoms with Crippen LogP contribution in [0.2, 0.25) is 5.02 Å². The maximum Gasteiger partial charge on any atom is 0.259 e. The molecule has 0 aromatic heterocycles. The van der Waals surface area contributed by atoms with E-state index in [-0.39, 0.29) is 17.2 Å². The average Bonchev–Trinajstić information content (AvgIpc) is 2.48. The van der Waals surface area contributed by atoms with Crippen LogP contribution < -0.4 is 5.32 Å². The highest BCUT2D eigenvalue weighted by Gasteiger charge is 2.12. The van der Waals surface area contributed by atoms with Gasteiger partial charge < -0.3 is 10.4 Å². The van der Waals surface area contributed by atoms with E-state index in [0.717, 1.165) is 19.3 Å². The largest absolute Gasteiger partial charge is 0.507 e. The van der Waals surface area contributed by atoms with Gasteiger partial charge in [-0.3, -0.25) is 4.79 Å². The number of unbranched alkanes of at least 4 members (excludes halogenated alkanes) is 1. The molecule has 0 heterocycles. The SMILES string of the molecule is CCCCc1cccc(NC(=O)c2cc(Cl)ccc2O)c1. The molecule has 21 heavy (non-hydrogen) atoms. The Balaban J connectivity index is 2.14. The number of rotatable bonds is 5. The highest BCUT2D eigenvalue weighted by Crippen LogP contribution is 2.23. The second-order valence-electron chi connectivity index (χ2n) is 4.92. The number of anilines is 1. The maximum absolute atomic E-state index is 12.2. The van der Waals surface area contributed by atoms with Crippen molar-refractivity contribution in [3.05, 3.63) is 58.6 Å². The van der Waals surface area contributed by atoms with Crippen molar-refractivity contribution in [2.24, 2.45) is 0 Å². The molecule has 2 rings (SSSR count). The third-order valence-corrected chi connectivity index (χ3v) is 3.44. The molecule has 0 saturated heterocycles. The van der Waals surface area contributed by atoms with Crippen LogP contribution in [-0.4, -0.2) is 11.0 Å². The van der Waals surface area contributed by atoms with E-state index >= 15 is 0 Å². The summed E-state index contributed by atoms with van der Waals surface area (Å²) in [6.07, 6.45) is 3.24. The Morgan fingerprint density at radius 1 is 1.24 bits per heavy atom. The van der Waals surface area contributed by atoms with Crippen LogP contribution in [0.5, 0.6) is 5.75 Å². The second kappa shape index (κ2) is 7.14. The third kappa shape index (κ3) is 4.23. The molecule has 1 amide bonds. The molecule has 0 aliphatic heterocycles. The molecule has 0 atom stereocenters.